The summed E-state index contributed by atoms with van der Waals surface area (Å²) in [6, 6.07) is 3.16. The second-order valence-corrected chi connectivity index (χ2v) is 8.38. The van der Waals surface area contributed by atoms with Gasteiger partial charge in [0, 0.05) is 51.7 Å². The van der Waals surface area contributed by atoms with Gasteiger partial charge in [0.1, 0.15) is 5.52 Å². The molecule has 9 heteroatoms. The van der Waals surface area contributed by atoms with Crippen LogP contribution >= 0.6 is 0 Å². The van der Waals surface area contributed by atoms with Gasteiger partial charge in [0.2, 0.25) is 5.95 Å². The molecule has 2 aliphatic rings. The SMILES string of the molecule is Cn1cc(Nc2nc(N[C@H]3CC[C@H](N4CCOCC4)CC3)c3c(ccn3C)n2)cn1. The predicted molar refractivity (Wildman–Crippen MR) is 117 cm³/mol. The van der Waals surface area contributed by atoms with Crippen LogP contribution in [-0.4, -0.2) is 67.6 Å². The van der Waals surface area contributed by atoms with Crippen LogP contribution in [0.3, 0.4) is 0 Å². The lowest BCUT2D eigenvalue weighted by Gasteiger charge is -2.39. The van der Waals surface area contributed by atoms with E-state index in [2.05, 4.69) is 30.2 Å². The van der Waals surface area contributed by atoms with Gasteiger partial charge < -0.3 is 19.9 Å². The van der Waals surface area contributed by atoms with E-state index in [1.807, 2.05) is 32.6 Å². The van der Waals surface area contributed by atoms with E-state index >= 15 is 0 Å². The zero-order valence-electron chi connectivity index (χ0n) is 17.7. The quantitative estimate of drug-likeness (QED) is 0.668. The molecule has 0 unspecified atom stereocenters. The summed E-state index contributed by atoms with van der Waals surface area (Å²) in [5.74, 6) is 1.49. The van der Waals surface area contributed by atoms with Crippen LogP contribution in [0.4, 0.5) is 17.5 Å². The molecule has 30 heavy (non-hydrogen) atoms. The van der Waals surface area contributed by atoms with E-state index in [1.54, 1.807) is 10.9 Å². The van der Waals surface area contributed by atoms with Gasteiger partial charge in [-0.2, -0.15) is 10.1 Å². The first-order valence-electron chi connectivity index (χ1n) is 10.8. The third kappa shape index (κ3) is 3.99. The lowest BCUT2D eigenvalue weighted by atomic mass is 9.90. The molecule has 0 aromatic carbocycles. The average Bonchev–Trinajstić information content (AvgIpc) is 3.34. The van der Waals surface area contributed by atoms with Gasteiger partial charge in [0.15, 0.2) is 5.82 Å². The van der Waals surface area contributed by atoms with Gasteiger partial charge in [0.25, 0.3) is 0 Å². The molecule has 1 saturated carbocycles. The number of ether oxygens (including phenoxy) is 1. The summed E-state index contributed by atoms with van der Waals surface area (Å²) in [6.07, 6.45) is 10.5. The van der Waals surface area contributed by atoms with Crippen molar-refractivity contribution in [2.75, 3.05) is 36.9 Å². The molecule has 0 atom stereocenters. The summed E-state index contributed by atoms with van der Waals surface area (Å²) in [5.41, 5.74) is 2.86. The van der Waals surface area contributed by atoms with Gasteiger partial charge in [-0.05, 0) is 31.7 Å². The van der Waals surface area contributed by atoms with Crippen LogP contribution in [0.2, 0.25) is 0 Å². The number of hydrogen-bond donors (Lipinski definition) is 2. The molecule has 3 aromatic heterocycles. The Kier molecular flexibility index (Phi) is 5.30. The van der Waals surface area contributed by atoms with Crippen LogP contribution in [0.15, 0.2) is 24.7 Å². The molecule has 0 bridgehead atoms. The summed E-state index contributed by atoms with van der Waals surface area (Å²) < 4.78 is 9.36. The third-order valence-corrected chi connectivity index (χ3v) is 6.28. The number of rotatable bonds is 5. The summed E-state index contributed by atoms with van der Waals surface area (Å²) in [5, 5.41) is 11.2. The second kappa shape index (κ2) is 8.23. The first-order valence-corrected chi connectivity index (χ1v) is 10.8. The molecule has 0 amide bonds. The first kappa shape index (κ1) is 19.3. The molecular weight excluding hydrogens is 380 g/mol. The van der Waals surface area contributed by atoms with E-state index in [1.165, 1.54) is 12.8 Å². The van der Waals surface area contributed by atoms with Crippen molar-refractivity contribution in [2.45, 2.75) is 37.8 Å². The molecule has 2 N–H and O–H groups in total. The molecule has 2 fully saturated rings. The van der Waals surface area contributed by atoms with E-state index in [4.69, 9.17) is 9.72 Å². The number of nitrogens with zero attached hydrogens (tertiary/aromatic N) is 6. The summed E-state index contributed by atoms with van der Waals surface area (Å²) in [4.78, 5) is 12.1. The maximum absolute atomic E-state index is 5.51. The van der Waals surface area contributed by atoms with E-state index in [0.29, 0.717) is 18.0 Å². The molecule has 1 aliphatic carbocycles. The predicted octanol–water partition coefficient (Wildman–Crippen LogP) is 2.50. The van der Waals surface area contributed by atoms with Gasteiger partial charge in [0.05, 0.1) is 30.6 Å². The maximum Gasteiger partial charge on any atom is 0.229 e. The fourth-order valence-electron chi connectivity index (χ4n) is 4.69. The van der Waals surface area contributed by atoms with Crippen molar-refractivity contribution in [1.82, 2.24) is 29.2 Å². The molecule has 4 heterocycles. The fraction of sp³-hybridized carbons (Fsp3) is 0.571. The van der Waals surface area contributed by atoms with Crippen molar-refractivity contribution in [1.29, 1.82) is 0 Å². The van der Waals surface area contributed by atoms with Gasteiger partial charge in [-0.25, -0.2) is 4.98 Å². The minimum absolute atomic E-state index is 0.432. The van der Waals surface area contributed by atoms with Gasteiger partial charge >= 0.3 is 0 Å². The standard InChI is InChI=1S/C21H30N8O/c1-27-8-7-18-19(27)20(26-21(25-18)24-16-13-22-28(2)14-16)23-15-3-5-17(6-4-15)29-9-11-30-12-10-29/h7-8,13-15,17H,3-6,9-12H2,1-2H3,(H2,23,24,25,26)/t15-,17-. The Morgan fingerprint density at radius 1 is 1.07 bits per heavy atom. The van der Waals surface area contributed by atoms with Crippen molar-refractivity contribution >= 4 is 28.5 Å². The van der Waals surface area contributed by atoms with Crippen molar-refractivity contribution < 1.29 is 4.74 Å². The van der Waals surface area contributed by atoms with Crippen LogP contribution in [0, 0.1) is 0 Å². The van der Waals surface area contributed by atoms with Crippen LogP contribution in [0.1, 0.15) is 25.7 Å². The maximum atomic E-state index is 5.51. The van der Waals surface area contributed by atoms with E-state index in [-0.39, 0.29) is 0 Å². The highest BCUT2D eigenvalue weighted by molar-refractivity contribution is 5.88. The Morgan fingerprint density at radius 3 is 2.60 bits per heavy atom. The minimum atomic E-state index is 0.432. The zero-order chi connectivity index (χ0) is 20.5. The van der Waals surface area contributed by atoms with Crippen LogP contribution in [-0.2, 0) is 18.8 Å². The average molecular weight is 411 g/mol. The summed E-state index contributed by atoms with van der Waals surface area (Å²) >= 11 is 0. The monoisotopic (exact) mass is 410 g/mol. The fourth-order valence-corrected chi connectivity index (χ4v) is 4.69. The van der Waals surface area contributed by atoms with Gasteiger partial charge in [-0.3, -0.25) is 9.58 Å². The minimum Gasteiger partial charge on any atom is -0.379 e. The lowest BCUT2D eigenvalue weighted by Crippen LogP contribution is -2.46. The smallest absolute Gasteiger partial charge is 0.229 e. The highest BCUT2D eigenvalue weighted by Gasteiger charge is 2.27. The Morgan fingerprint density at radius 2 is 1.87 bits per heavy atom. The number of aryl methyl sites for hydroxylation is 2. The Balaban J connectivity index is 1.31. The van der Waals surface area contributed by atoms with Crippen LogP contribution < -0.4 is 10.6 Å². The molecule has 3 aromatic rings. The van der Waals surface area contributed by atoms with Crippen molar-refractivity contribution in [3.8, 4) is 0 Å². The zero-order valence-corrected chi connectivity index (χ0v) is 17.7. The Bertz CT molecular complexity index is 998. The lowest BCUT2D eigenvalue weighted by molar-refractivity contribution is 0.00791. The topological polar surface area (TPSA) is 85.1 Å². The third-order valence-electron chi connectivity index (χ3n) is 6.28. The number of fused-ring (bicyclic) bond motifs is 1. The van der Waals surface area contributed by atoms with Crippen LogP contribution in [0.5, 0.6) is 0 Å². The highest BCUT2D eigenvalue weighted by atomic mass is 16.5. The molecule has 5 rings (SSSR count). The number of anilines is 3. The highest BCUT2D eigenvalue weighted by Crippen LogP contribution is 2.29. The van der Waals surface area contributed by atoms with Gasteiger partial charge in [-0.15, -0.1) is 0 Å². The summed E-state index contributed by atoms with van der Waals surface area (Å²) in [6.45, 7) is 3.89. The molecule has 1 aliphatic heterocycles. The van der Waals surface area contributed by atoms with Crippen molar-refractivity contribution in [3.05, 3.63) is 24.7 Å². The van der Waals surface area contributed by atoms with Gasteiger partial charge in [-0.1, -0.05) is 0 Å². The van der Waals surface area contributed by atoms with Crippen molar-refractivity contribution in [2.24, 2.45) is 14.1 Å². The molecule has 9 nitrogen and oxygen atoms in total. The Labute approximate surface area is 176 Å². The first-order chi connectivity index (χ1) is 14.7. The molecule has 0 spiro atoms. The summed E-state index contributed by atoms with van der Waals surface area (Å²) in [7, 11) is 3.94. The molecule has 160 valence electrons. The molecule has 1 saturated heterocycles. The number of aromatic nitrogens is 5. The van der Waals surface area contributed by atoms with Crippen LogP contribution in [0.25, 0.3) is 11.0 Å². The van der Waals surface area contributed by atoms with E-state index in [9.17, 15) is 0 Å². The molecule has 0 radical (unpaired) electrons. The van der Waals surface area contributed by atoms with E-state index in [0.717, 1.165) is 61.7 Å². The number of hydrogen-bond acceptors (Lipinski definition) is 7. The normalized spacial score (nSPS) is 23.0. The number of morpholine rings is 1. The Hall–Kier alpha value is -2.65. The van der Waals surface area contributed by atoms with E-state index < -0.39 is 0 Å². The van der Waals surface area contributed by atoms with Crippen molar-refractivity contribution in [3.63, 3.8) is 0 Å². The number of nitrogens with one attached hydrogen (secondary N) is 2. The second-order valence-electron chi connectivity index (χ2n) is 8.38. The molecular formula is C21H30N8O. The largest absolute Gasteiger partial charge is 0.379 e.